The van der Waals surface area contributed by atoms with E-state index in [-0.39, 0.29) is 36.4 Å². The van der Waals surface area contributed by atoms with Crippen molar-refractivity contribution in [3.8, 4) is 0 Å². The minimum atomic E-state index is -0.707. The number of esters is 1. The second-order valence-corrected chi connectivity index (χ2v) is 10.1. The van der Waals surface area contributed by atoms with Crippen LogP contribution in [0.25, 0.3) is 0 Å². The van der Waals surface area contributed by atoms with E-state index in [1.165, 1.54) is 11.3 Å². The third kappa shape index (κ3) is 8.75. The van der Waals surface area contributed by atoms with E-state index in [0.717, 1.165) is 5.56 Å². The van der Waals surface area contributed by atoms with Gasteiger partial charge in [-0.15, -0.1) is 23.7 Å². The van der Waals surface area contributed by atoms with Gasteiger partial charge in [-0.3, -0.25) is 19.0 Å². The monoisotopic (exact) mass is 496 g/mol. The number of nitrogens with zero attached hydrogens (tertiary/aromatic N) is 2. The fourth-order valence-electron chi connectivity index (χ4n) is 2.75. The molecule has 8 nitrogen and oxygen atoms in total. The molecule has 0 bridgehead atoms. The second kappa shape index (κ2) is 12.1. The molecular formula is C23H33ClN4O4S. The van der Waals surface area contributed by atoms with Crippen LogP contribution in [0.5, 0.6) is 0 Å². The maximum absolute atomic E-state index is 12.7. The van der Waals surface area contributed by atoms with Crippen LogP contribution in [0.3, 0.4) is 0 Å². The summed E-state index contributed by atoms with van der Waals surface area (Å²) in [7, 11) is 0. The SMILES string of the molecule is Cc1cc(C(=O)/N=c2\sccn2COC(=O)C(N)C(C)C)ccc1NC(=O)CC(C)(C)C.Cl. The molecule has 3 N–H and O–H groups in total. The smallest absolute Gasteiger partial charge is 0.324 e. The fourth-order valence-corrected chi connectivity index (χ4v) is 3.47. The summed E-state index contributed by atoms with van der Waals surface area (Å²) in [6.07, 6.45) is 2.08. The Balaban J connectivity index is 0.00000544. The Morgan fingerprint density at radius 1 is 1.24 bits per heavy atom. The molecule has 0 saturated carbocycles. The van der Waals surface area contributed by atoms with E-state index in [9.17, 15) is 14.4 Å². The number of aromatic nitrogens is 1. The molecule has 2 amide bonds. The number of ether oxygens (including phenoxy) is 1. The first-order valence-electron chi connectivity index (χ1n) is 10.4. The van der Waals surface area contributed by atoms with Gasteiger partial charge < -0.3 is 15.8 Å². The minimum absolute atomic E-state index is 0. The number of hydrogen-bond donors (Lipinski definition) is 2. The van der Waals surface area contributed by atoms with Crippen molar-refractivity contribution in [3.05, 3.63) is 45.7 Å². The van der Waals surface area contributed by atoms with Gasteiger partial charge in [0.1, 0.15) is 6.04 Å². The van der Waals surface area contributed by atoms with Crippen LogP contribution in [0.2, 0.25) is 0 Å². The molecule has 0 radical (unpaired) electrons. The first-order chi connectivity index (χ1) is 14.9. The summed E-state index contributed by atoms with van der Waals surface area (Å²) in [5, 5.41) is 4.64. The van der Waals surface area contributed by atoms with Crippen LogP contribution in [0.1, 0.15) is 57.0 Å². The predicted octanol–water partition coefficient (Wildman–Crippen LogP) is 3.88. The highest BCUT2D eigenvalue weighted by molar-refractivity contribution is 7.07. The number of carbonyl (C=O) groups is 3. The Labute approximate surface area is 204 Å². The summed E-state index contributed by atoms with van der Waals surface area (Å²) in [6.45, 7) is 11.4. The van der Waals surface area contributed by atoms with Crippen LogP contribution in [0.15, 0.2) is 34.8 Å². The van der Waals surface area contributed by atoms with E-state index in [2.05, 4.69) is 10.3 Å². The highest BCUT2D eigenvalue weighted by Gasteiger charge is 2.19. The molecule has 1 aromatic carbocycles. The van der Waals surface area contributed by atoms with Crippen LogP contribution in [-0.4, -0.2) is 28.4 Å². The maximum Gasteiger partial charge on any atom is 0.324 e. The lowest BCUT2D eigenvalue weighted by atomic mass is 9.92. The molecule has 0 saturated heterocycles. The molecule has 0 spiro atoms. The van der Waals surface area contributed by atoms with Crippen LogP contribution in [-0.2, 0) is 21.1 Å². The largest absolute Gasteiger partial charge is 0.443 e. The number of thiazole rings is 1. The Bertz CT molecular complexity index is 1050. The van der Waals surface area contributed by atoms with E-state index in [1.54, 1.807) is 34.3 Å². The highest BCUT2D eigenvalue weighted by Crippen LogP contribution is 2.22. The molecule has 0 aliphatic heterocycles. The molecule has 0 fully saturated rings. The van der Waals surface area contributed by atoms with Gasteiger partial charge in [-0.05, 0) is 42.0 Å². The molecule has 1 unspecified atom stereocenters. The lowest BCUT2D eigenvalue weighted by molar-refractivity contribution is -0.150. The van der Waals surface area contributed by atoms with E-state index < -0.39 is 17.9 Å². The Morgan fingerprint density at radius 2 is 1.91 bits per heavy atom. The number of amides is 2. The molecule has 33 heavy (non-hydrogen) atoms. The molecule has 2 rings (SSSR count). The second-order valence-electron chi connectivity index (χ2n) is 9.25. The first-order valence-corrected chi connectivity index (χ1v) is 11.3. The Morgan fingerprint density at radius 3 is 2.48 bits per heavy atom. The number of halogens is 1. The average molecular weight is 497 g/mol. The van der Waals surface area contributed by atoms with E-state index >= 15 is 0 Å². The Hall–Kier alpha value is -2.49. The van der Waals surface area contributed by atoms with Crippen molar-refractivity contribution in [1.29, 1.82) is 0 Å². The van der Waals surface area contributed by atoms with Crippen molar-refractivity contribution in [3.63, 3.8) is 0 Å². The topological polar surface area (TPSA) is 116 Å². The minimum Gasteiger partial charge on any atom is -0.443 e. The van der Waals surface area contributed by atoms with Crippen molar-refractivity contribution >= 4 is 47.2 Å². The van der Waals surface area contributed by atoms with E-state index in [1.807, 2.05) is 41.5 Å². The molecular weight excluding hydrogens is 464 g/mol. The predicted molar refractivity (Wildman–Crippen MR) is 132 cm³/mol. The number of anilines is 1. The summed E-state index contributed by atoms with van der Waals surface area (Å²) >= 11 is 1.26. The number of carbonyl (C=O) groups excluding carboxylic acids is 3. The summed E-state index contributed by atoms with van der Waals surface area (Å²) < 4.78 is 6.81. The van der Waals surface area contributed by atoms with Gasteiger partial charge in [0.15, 0.2) is 11.5 Å². The zero-order chi connectivity index (χ0) is 24.1. The summed E-state index contributed by atoms with van der Waals surface area (Å²) in [5.74, 6) is -1.04. The van der Waals surface area contributed by atoms with Gasteiger partial charge in [-0.2, -0.15) is 4.99 Å². The van der Waals surface area contributed by atoms with E-state index in [0.29, 0.717) is 22.5 Å². The van der Waals surface area contributed by atoms with Gasteiger partial charge in [0.05, 0.1) is 0 Å². The van der Waals surface area contributed by atoms with Gasteiger partial charge in [0.25, 0.3) is 5.91 Å². The molecule has 1 atom stereocenters. The van der Waals surface area contributed by atoms with Crippen LogP contribution >= 0.6 is 23.7 Å². The van der Waals surface area contributed by atoms with Crippen molar-refractivity contribution in [1.82, 2.24) is 4.57 Å². The molecule has 1 heterocycles. The summed E-state index contributed by atoms with van der Waals surface area (Å²) in [4.78, 5) is 41.4. The third-order valence-corrected chi connectivity index (χ3v) is 5.43. The third-order valence-electron chi connectivity index (χ3n) is 4.63. The summed E-state index contributed by atoms with van der Waals surface area (Å²) in [5.41, 5.74) is 7.51. The number of hydrogen-bond acceptors (Lipinski definition) is 6. The van der Waals surface area contributed by atoms with Crippen LogP contribution < -0.4 is 15.9 Å². The normalized spacial score (nSPS) is 12.8. The standard InChI is InChI=1S/C23H32N4O4S.ClH/c1-14(2)19(24)21(30)31-13-27-9-10-32-22(27)26-20(29)16-7-8-17(15(3)11-16)25-18(28)12-23(4,5)6;/h7-11,14,19H,12-13,24H2,1-6H3,(H,25,28);1H/b26-22-;. The number of rotatable bonds is 7. The van der Waals surface area contributed by atoms with Gasteiger partial charge in [0, 0.05) is 29.2 Å². The van der Waals surface area contributed by atoms with Gasteiger partial charge in [-0.1, -0.05) is 34.6 Å². The van der Waals surface area contributed by atoms with Crippen molar-refractivity contribution in [2.24, 2.45) is 22.1 Å². The first kappa shape index (κ1) is 28.5. The zero-order valence-electron chi connectivity index (χ0n) is 19.9. The molecule has 182 valence electrons. The molecule has 0 aliphatic carbocycles. The van der Waals surface area contributed by atoms with Crippen LogP contribution in [0, 0.1) is 18.3 Å². The molecule has 2 aromatic rings. The molecule has 1 aromatic heterocycles. The highest BCUT2D eigenvalue weighted by atomic mass is 35.5. The van der Waals surface area contributed by atoms with Gasteiger partial charge >= 0.3 is 5.97 Å². The van der Waals surface area contributed by atoms with Gasteiger partial charge in [-0.25, -0.2) is 0 Å². The van der Waals surface area contributed by atoms with Gasteiger partial charge in [0.2, 0.25) is 5.91 Å². The number of nitrogens with two attached hydrogens (primary N) is 1. The number of aryl methyl sites for hydroxylation is 1. The quantitative estimate of drug-likeness (QED) is 0.564. The van der Waals surface area contributed by atoms with Crippen molar-refractivity contribution < 1.29 is 19.1 Å². The summed E-state index contributed by atoms with van der Waals surface area (Å²) in [6, 6.07) is 4.32. The lowest BCUT2D eigenvalue weighted by Gasteiger charge is -2.18. The maximum atomic E-state index is 12.7. The van der Waals surface area contributed by atoms with Crippen LogP contribution in [0.4, 0.5) is 5.69 Å². The number of nitrogens with one attached hydrogen (secondary N) is 1. The average Bonchev–Trinajstić information content (AvgIpc) is 3.12. The van der Waals surface area contributed by atoms with E-state index in [4.69, 9.17) is 10.5 Å². The number of benzene rings is 1. The lowest BCUT2D eigenvalue weighted by Crippen LogP contribution is -2.37. The zero-order valence-corrected chi connectivity index (χ0v) is 21.5. The van der Waals surface area contributed by atoms with Crippen molar-refractivity contribution in [2.45, 2.75) is 60.7 Å². The fraction of sp³-hybridized carbons (Fsp3) is 0.478. The van der Waals surface area contributed by atoms with Crippen molar-refractivity contribution in [2.75, 3.05) is 5.32 Å². The Kier molecular flexibility index (Phi) is 10.5. The molecule has 10 heteroatoms. The molecule has 0 aliphatic rings.